The first kappa shape index (κ1) is 14.5. The highest BCUT2D eigenvalue weighted by Gasteiger charge is 2.17. The molecule has 6 heteroatoms. The molecule has 0 unspecified atom stereocenters. The van der Waals surface area contributed by atoms with Gasteiger partial charge >= 0.3 is 0 Å². The Labute approximate surface area is 115 Å². The molecule has 0 saturated carbocycles. The maximum atomic E-state index is 11.9. The highest BCUT2D eigenvalue weighted by molar-refractivity contribution is 7.89. The minimum atomic E-state index is -3.32. The van der Waals surface area contributed by atoms with Gasteiger partial charge in [-0.2, -0.15) is 0 Å². The Balaban J connectivity index is 2.06. The van der Waals surface area contributed by atoms with Crippen LogP contribution in [0.2, 0.25) is 0 Å². The lowest BCUT2D eigenvalue weighted by Crippen LogP contribution is -2.39. The molecular weight excluding hydrogens is 262 g/mol. The van der Waals surface area contributed by atoms with Gasteiger partial charge in [0.15, 0.2) is 0 Å². The summed E-state index contributed by atoms with van der Waals surface area (Å²) in [5, 5.41) is 4.31. The van der Waals surface area contributed by atoms with Gasteiger partial charge in [-0.05, 0) is 17.7 Å². The first-order valence-corrected chi connectivity index (χ1v) is 7.81. The predicted molar refractivity (Wildman–Crippen MR) is 74.5 cm³/mol. The molecule has 0 atom stereocenters. The summed E-state index contributed by atoms with van der Waals surface area (Å²) in [4.78, 5) is 2.68. The minimum absolute atomic E-state index is 0.342. The highest BCUT2D eigenvalue weighted by atomic mass is 32.2. The smallest absolute Gasteiger partial charge is 0.242 e. The van der Waals surface area contributed by atoms with Crippen molar-refractivity contribution in [1.82, 2.24) is 14.5 Å². The van der Waals surface area contributed by atoms with Crippen molar-refractivity contribution >= 4 is 10.0 Å². The van der Waals surface area contributed by atoms with E-state index in [1.807, 2.05) is 12.1 Å². The molecule has 1 aromatic carbocycles. The van der Waals surface area contributed by atoms with E-state index in [1.165, 1.54) is 4.31 Å². The Kier molecular flexibility index (Phi) is 4.57. The van der Waals surface area contributed by atoms with E-state index >= 15 is 0 Å². The molecule has 0 bridgehead atoms. The molecule has 1 aliphatic heterocycles. The molecule has 1 radical (unpaired) electrons. The van der Waals surface area contributed by atoms with Gasteiger partial charge in [-0.25, -0.2) is 18.0 Å². The molecule has 2 rings (SSSR count). The zero-order chi connectivity index (χ0) is 13.9. The standard InChI is InChI=1S/C13H20N3O2S/c1-15(2)19(17,18)13-5-3-12(4-6-13)11-16-9-7-14-8-10-16/h3-6H,7-11H2,1-2H3. The van der Waals surface area contributed by atoms with Crippen LogP contribution < -0.4 is 5.32 Å². The molecule has 0 aliphatic carbocycles. The highest BCUT2D eigenvalue weighted by Crippen LogP contribution is 2.15. The molecule has 1 aliphatic rings. The van der Waals surface area contributed by atoms with E-state index in [0.29, 0.717) is 4.90 Å². The van der Waals surface area contributed by atoms with Crippen molar-refractivity contribution in [3.63, 3.8) is 0 Å². The van der Waals surface area contributed by atoms with Crippen LogP contribution in [-0.4, -0.2) is 57.9 Å². The number of hydrogen-bond donors (Lipinski definition) is 0. The zero-order valence-electron chi connectivity index (χ0n) is 11.4. The number of benzene rings is 1. The van der Waals surface area contributed by atoms with E-state index in [9.17, 15) is 8.42 Å². The van der Waals surface area contributed by atoms with Crippen LogP contribution in [0, 0.1) is 0 Å². The average Bonchev–Trinajstić information content (AvgIpc) is 2.40. The number of rotatable bonds is 4. The first-order chi connectivity index (χ1) is 9.00. The van der Waals surface area contributed by atoms with Gasteiger partial charge in [-0.3, -0.25) is 4.90 Å². The van der Waals surface area contributed by atoms with Crippen molar-refractivity contribution in [1.29, 1.82) is 0 Å². The molecule has 5 nitrogen and oxygen atoms in total. The molecule has 1 heterocycles. The summed E-state index contributed by atoms with van der Waals surface area (Å²) in [5.41, 5.74) is 1.14. The third-order valence-electron chi connectivity index (χ3n) is 3.26. The van der Waals surface area contributed by atoms with Crippen molar-refractivity contribution < 1.29 is 8.42 Å². The van der Waals surface area contributed by atoms with E-state index in [2.05, 4.69) is 10.2 Å². The molecule has 1 aromatic rings. The van der Waals surface area contributed by atoms with E-state index < -0.39 is 10.0 Å². The van der Waals surface area contributed by atoms with Crippen molar-refractivity contribution in [3.8, 4) is 0 Å². The molecular formula is C13H20N3O2S. The summed E-state index contributed by atoms with van der Waals surface area (Å²) in [6, 6.07) is 7.14. The zero-order valence-corrected chi connectivity index (χ0v) is 12.2. The van der Waals surface area contributed by atoms with Gasteiger partial charge in [0, 0.05) is 46.8 Å². The summed E-state index contributed by atoms with van der Waals surface area (Å²) in [5.74, 6) is 0. The van der Waals surface area contributed by atoms with Gasteiger partial charge in [0.25, 0.3) is 0 Å². The quantitative estimate of drug-likeness (QED) is 0.801. The fourth-order valence-corrected chi connectivity index (χ4v) is 2.94. The molecule has 1 saturated heterocycles. The second-order valence-corrected chi connectivity index (χ2v) is 7.03. The normalized spacial score (nSPS) is 17.8. The van der Waals surface area contributed by atoms with Crippen molar-refractivity contribution in [3.05, 3.63) is 29.8 Å². The van der Waals surface area contributed by atoms with Crippen LogP contribution in [0.3, 0.4) is 0 Å². The Morgan fingerprint density at radius 3 is 2.26 bits per heavy atom. The first-order valence-electron chi connectivity index (χ1n) is 6.37. The topological polar surface area (TPSA) is 54.7 Å². The second kappa shape index (κ2) is 6.00. The van der Waals surface area contributed by atoms with Crippen LogP contribution in [0.1, 0.15) is 5.56 Å². The van der Waals surface area contributed by atoms with E-state index in [1.54, 1.807) is 26.2 Å². The SMILES string of the molecule is CN(C)S(=O)(=O)c1ccc(CN2CC[N]CC2)cc1. The van der Waals surface area contributed by atoms with E-state index in [4.69, 9.17) is 0 Å². The summed E-state index contributed by atoms with van der Waals surface area (Å²) in [6.07, 6.45) is 0. The number of nitrogens with zero attached hydrogens (tertiary/aromatic N) is 3. The molecule has 19 heavy (non-hydrogen) atoms. The van der Waals surface area contributed by atoms with Gasteiger partial charge < -0.3 is 0 Å². The molecule has 0 aromatic heterocycles. The predicted octanol–water partition coefficient (Wildman–Crippen LogP) is 0.357. The van der Waals surface area contributed by atoms with Gasteiger partial charge in [0.05, 0.1) is 4.90 Å². The third-order valence-corrected chi connectivity index (χ3v) is 5.09. The fourth-order valence-electron chi connectivity index (χ4n) is 2.04. The van der Waals surface area contributed by atoms with Crippen LogP contribution >= 0.6 is 0 Å². The lowest BCUT2D eigenvalue weighted by molar-refractivity contribution is 0.231. The van der Waals surface area contributed by atoms with Gasteiger partial charge in [-0.15, -0.1) is 0 Å². The molecule has 0 amide bonds. The largest absolute Gasteiger partial charge is 0.296 e. The van der Waals surface area contributed by atoms with Crippen LogP contribution in [0.4, 0.5) is 0 Å². The van der Waals surface area contributed by atoms with Crippen molar-refractivity contribution in [2.45, 2.75) is 11.4 Å². The summed E-state index contributed by atoms with van der Waals surface area (Å²) < 4.78 is 25.1. The van der Waals surface area contributed by atoms with Crippen molar-refractivity contribution in [2.75, 3.05) is 40.3 Å². The summed E-state index contributed by atoms with van der Waals surface area (Å²) in [7, 11) is -0.238. The lowest BCUT2D eigenvalue weighted by atomic mass is 10.2. The van der Waals surface area contributed by atoms with E-state index in [-0.39, 0.29) is 0 Å². The fraction of sp³-hybridized carbons (Fsp3) is 0.538. The van der Waals surface area contributed by atoms with Crippen LogP contribution in [0.25, 0.3) is 0 Å². The average molecular weight is 282 g/mol. The second-order valence-electron chi connectivity index (χ2n) is 4.88. The molecule has 105 valence electrons. The van der Waals surface area contributed by atoms with Crippen LogP contribution in [0.15, 0.2) is 29.2 Å². The molecule has 0 N–H and O–H groups in total. The Hall–Kier alpha value is -0.950. The molecule has 0 spiro atoms. The molecule has 1 fully saturated rings. The van der Waals surface area contributed by atoms with E-state index in [0.717, 1.165) is 38.3 Å². The summed E-state index contributed by atoms with van der Waals surface area (Å²) in [6.45, 7) is 4.62. The van der Waals surface area contributed by atoms with Gasteiger partial charge in [0.1, 0.15) is 0 Å². The van der Waals surface area contributed by atoms with Gasteiger partial charge in [-0.1, -0.05) is 12.1 Å². The lowest BCUT2D eigenvalue weighted by Gasteiger charge is -2.26. The maximum absolute atomic E-state index is 11.9. The monoisotopic (exact) mass is 282 g/mol. The van der Waals surface area contributed by atoms with Gasteiger partial charge in [0.2, 0.25) is 10.0 Å². The third kappa shape index (κ3) is 3.54. The Morgan fingerprint density at radius 2 is 1.74 bits per heavy atom. The van der Waals surface area contributed by atoms with Crippen LogP contribution in [0.5, 0.6) is 0 Å². The van der Waals surface area contributed by atoms with Crippen molar-refractivity contribution in [2.24, 2.45) is 0 Å². The number of sulfonamides is 1. The summed E-state index contributed by atoms with van der Waals surface area (Å²) >= 11 is 0. The number of hydrogen-bond acceptors (Lipinski definition) is 3. The Bertz CT molecular complexity index is 505. The minimum Gasteiger partial charge on any atom is -0.296 e. The number of piperazine rings is 1. The van der Waals surface area contributed by atoms with Crippen LogP contribution in [-0.2, 0) is 16.6 Å². The Morgan fingerprint density at radius 1 is 1.16 bits per heavy atom. The maximum Gasteiger partial charge on any atom is 0.242 e.